The van der Waals surface area contributed by atoms with Gasteiger partial charge in [0.1, 0.15) is 0 Å². The van der Waals surface area contributed by atoms with E-state index in [1.54, 1.807) is 0 Å². The van der Waals surface area contributed by atoms with Crippen molar-refractivity contribution in [2.24, 2.45) is 5.92 Å². The van der Waals surface area contributed by atoms with Crippen molar-refractivity contribution in [3.05, 3.63) is 0 Å². The summed E-state index contributed by atoms with van der Waals surface area (Å²) in [5.74, 6) is 1.54. The number of hydrogen-bond donors (Lipinski definition) is 0. The van der Waals surface area contributed by atoms with Crippen molar-refractivity contribution in [3.63, 3.8) is 0 Å². The summed E-state index contributed by atoms with van der Waals surface area (Å²) >= 11 is 5.46. The van der Waals surface area contributed by atoms with Crippen molar-refractivity contribution >= 4 is 21.4 Å². The second-order valence-corrected chi connectivity index (χ2v) is 6.41. The van der Waals surface area contributed by atoms with Crippen LogP contribution < -0.4 is 0 Å². The Morgan fingerprint density at radius 2 is 1.85 bits per heavy atom. The van der Waals surface area contributed by atoms with E-state index in [0.717, 1.165) is 12.8 Å². The van der Waals surface area contributed by atoms with Crippen LogP contribution in [-0.4, -0.2) is 25.8 Å². The molecule has 0 amide bonds. The minimum Gasteiger partial charge on any atom is -0.229 e. The molecule has 1 fully saturated rings. The van der Waals surface area contributed by atoms with Crippen LogP contribution in [0.3, 0.4) is 0 Å². The Bertz CT molecular complexity index is 230. The van der Waals surface area contributed by atoms with Crippen molar-refractivity contribution in [1.29, 1.82) is 0 Å². The molecule has 1 aliphatic rings. The third kappa shape index (κ3) is 4.32. The largest absolute Gasteiger partial charge is 0.229 e. The van der Waals surface area contributed by atoms with Crippen molar-refractivity contribution in [2.45, 2.75) is 32.1 Å². The molecule has 0 heterocycles. The van der Waals surface area contributed by atoms with Crippen LogP contribution in [0, 0.1) is 5.92 Å². The molecule has 0 radical (unpaired) electrons. The maximum absolute atomic E-state index is 11.5. The van der Waals surface area contributed by atoms with E-state index in [9.17, 15) is 8.42 Å². The first-order valence-electron chi connectivity index (χ1n) is 4.90. The SMILES string of the molecule is O=S(=O)(CCCCl)CC1CCCC1. The van der Waals surface area contributed by atoms with Crippen LogP contribution in [0.1, 0.15) is 32.1 Å². The Balaban J connectivity index is 2.32. The molecule has 0 saturated heterocycles. The Labute approximate surface area is 85.6 Å². The normalized spacial score (nSPS) is 19.5. The average molecular weight is 225 g/mol. The predicted octanol–water partition coefficient (Wildman–Crippen LogP) is 2.22. The fourth-order valence-corrected chi connectivity index (χ4v) is 3.99. The Morgan fingerprint density at radius 1 is 1.23 bits per heavy atom. The van der Waals surface area contributed by atoms with Crippen molar-refractivity contribution < 1.29 is 8.42 Å². The van der Waals surface area contributed by atoms with Crippen molar-refractivity contribution in [1.82, 2.24) is 0 Å². The van der Waals surface area contributed by atoms with Crippen molar-refractivity contribution in [3.8, 4) is 0 Å². The minimum absolute atomic E-state index is 0.271. The van der Waals surface area contributed by atoms with Gasteiger partial charge in [0.15, 0.2) is 9.84 Å². The zero-order valence-electron chi connectivity index (χ0n) is 7.84. The zero-order valence-corrected chi connectivity index (χ0v) is 9.41. The summed E-state index contributed by atoms with van der Waals surface area (Å²) in [7, 11) is -2.81. The van der Waals surface area contributed by atoms with Gasteiger partial charge in [0.25, 0.3) is 0 Å². The molecular formula is C9H17ClO2S. The maximum atomic E-state index is 11.5. The maximum Gasteiger partial charge on any atom is 0.150 e. The number of hydrogen-bond acceptors (Lipinski definition) is 2. The minimum atomic E-state index is -2.81. The van der Waals surface area contributed by atoms with E-state index in [1.165, 1.54) is 12.8 Å². The topological polar surface area (TPSA) is 34.1 Å². The molecule has 1 aliphatic carbocycles. The summed E-state index contributed by atoms with van der Waals surface area (Å²) < 4.78 is 23.0. The first kappa shape index (κ1) is 11.3. The van der Waals surface area contributed by atoms with Gasteiger partial charge in [-0.25, -0.2) is 8.42 Å². The molecule has 1 saturated carbocycles. The number of alkyl halides is 1. The fourth-order valence-electron chi connectivity index (χ4n) is 1.89. The summed E-state index contributed by atoms with van der Waals surface area (Å²) in [4.78, 5) is 0. The summed E-state index contributed by atoms with van der Waals surface area (Å²) in [6, 6.07) is 0. The van der Waals surface area contributed by atoms with E-state index in [1.807, 2.05) is 0 Å². The molecular weight excluding hydrogens is 208 g/mol. The lowest BCUT2D eigenvalue weighted by atomic mass is 10.1. The van der Waals surface area contributed by atoms with Gasteiger partial charge >= 0.3 is 0 Å². The van der Waals surface area contributed by atoms with E-state index in [2.05, 4.69) is 0 Å². The average Bonchev–Trinajstić information content (AvgIpc) is 2.52. The molecule has 0 aliphatic heterocycles. The summed E-state index contributed by atoms with van der Waals surface area (Å²) in [6.45, 7) is 0. The first-order chi connectivity index (χ1) is 6.14. The Kier molecular flexibility index (Phi) is 4.53. The number of rotatable bonds is 5. The van der Waals surface area contributed by atoms with Gasteiger partial charge in [-0.3, -0.25) is 0 Å². The monoisotopic (exact) mass is 224 g/mol. The van der Waals surface area contributed by atoms with Gasteiger partial charge in [-0.2, -0.15) is 0 Å². The van der Waals surface area contributed by atoms with E-state index < -0.39 is 9.84 Å². The van der Waals surface area contributed by atoms with Crippen molar-refractivity contribution in [2.75, 3.05) is 17.4 Å². The quantitative estimate of drug-likeness (QED) is 0.672. The van der Waals surface area contributed by atoms with Crippen LogP contribution in [0.2, 0.25) is 0 Å². The van der Waals surface area contributed by atoms with Crippen LogP contribution in [0.25, 0.3) is 0 Å². The molecule has 0 spiro atoms. The van der Waals surface area contributed by atoms with Gasteiger partial charge in [-0.05, 0) is 25.2 Å². The van der Waals surface area contributed by atoms with Gasteiger partial charge in [0, 0.05) is 5.88 Å². The molecule has 78 valence electrons. The predicted molar refractivity (Wildman–Crippen MR) is 55.9 cm³/mol. The van der Waals surface area contributed by atoms with Gasteiger partial charge in [0.05, 0.1) is 11.5 Å². The molecule has 0 aromatic heterocycles. The molecule has 13 heavy (non-hydrogen) atoms. The number of sulfone groups is 1. The highest BCUT2D eigenvalue weighted by atomic mass is 35.5. The summed E-state index contributed by atoms with van der Waals surface area (Å²) in [6.07, 6.45) is 5.20. The second kappa shape index (κ2) is 5.20. The van der Waals surface area contributed by atoms with Gasteiger partial charge in [0.2, 0.25) is 0 Å². The van der Waals surface area contributed by atoms with Gasteiger partial charge in [-0.15, -0.1) is 11.6 Å². The second-order valence-electron chi connectivity index (χ2n) is 3.81. The van der Waals surface area contributed by atoms with Gasteiger partial charge < -0.3 is 0 Å². The van der Waals surface area contributed by atoms with Crippen LogP contribution in [0.5, 0.6) is 0 Å². The molecule has 0 atom stereocenters. The highest BCUT2D eigenvalue weighted by Crippen LogP contribution is 2.26. The molecule has 0 aromatic carbocycles. The van der Waals surface area contributed by atoms with Crippen LogP contribution in [0.15, 0.2) is 0 Å². The van der Waals surface area contributed by atoms with E-state index >= 15 is 0 Å². The molecule has 0 unspecified atom stereocenters. The van der Waals surface area contributed by atoms with E-state index in [4.69, 9.17) is 11.6 Å². The molecule has 4 heteroatoms. The zero-order chi connectivity index (χ0) is 9.73. The lowest BCUT2D eigenvalue weighted by Gasteiger charge is -2.08. The molecule has 2 nitrogen and oxygen atoms in total. The summed E-state index contributed by atoms with van der Waals surface area (Å²) in [5, 5.41) is 0. The third-order valence-electron chi connectivity index (χ3n) is 2.55. The number of halogens is 1. The smallest absolute Gasteiger partial charge is 0.150 e. The molecule has 0 bridgehead atoms. The lowest BCUT2D eigenvalue weighted by Crippen LogP contribution is -2.17. The molecule has 1 rings (SSSR count). The van der Waals surface area contributed by atoms with E-state index in [0.29, 0.717) is 24.0 Å². The standard InChI is InChI=1S/C9H17ClO2S/c10-6-3-7-13(11,12)8-9-4-1-2-5-9/h9H,1-8H2. The molecule has 0 N–H and O–H groups in total. The Morgan fingerprint density at radius 3 is 2.38 bits per heavy atom. The third-order valence-corrected chi connectivity index (χ3v) is 4.71. The van der Waals surface area contributed by atoms with Crippen LogP contribution >= 0.6 is 11.6 Å². The van der Waals surface area contributed by atoms with Crippen LogP contribution in [0.4, 0.5) is 0 Å². The highest BCUT2D eigenvalue weighted by Gasteiger charge is 2.21. The summed E-state index contributed by atoms with van der Waals surface area (Å²) in [5.41, 5.74) is 0. The molecule has 0 aromatic rings. The first-order valence-corrected chi connectivity index (χ1v) is 7.26. The fraction of sp³-hybridized carbons (Fsp3) is 1.00. The highest BCUT2D eigenvalue weighted by molar-refractivity contribution is 7.91. The van der Waals surface area contributed by atoms with E-state index in [-0.39, 0.29) is 5.75 Å². The van der Waals surface area contributed by atoms with Crippen LogP contribution in [-0.2, 0) is 9.84 Å². The van der Waals surface area contributed by atoms with Gasteiger partial charge in [-0.1, -0.05) is 12.8 Å². The Hall–Kier alpha value is 0.240. The lowest BCUT2D eigenvalue weighted by molar-refractivity contribution is 0.558.